The van der Waals surface area contributed by atoms with E-state index in [1.54, 1.807) is 6.07 Å². The lowest BCUT2D eigenvalue weighted by Crippen LogP contribution is -2.32. The van der Waals surface area contributed by atoms with E-state index in [0.717, 1.165) is 24.0 Å². The van der Waals surface area contributed by atoms with Gasteiger partial charge in [-0.05, 0) is 36.1 Å². The van der Waals surface area contributed by atoms with Gasteiger partial charge < -0.3 is 10.8 Å². The van der Waals surface area contributed by atoms with E-state index in [9.17, 15) is 9.50 Å². The average molecular weight is 181 g/mol. The molecule has 3 N–H and O–H groups in total. The molecule has 13 heavy (non-hydrogen) atoms. The van der Waals surface area contributed by atoms with Crippen molar-refractivity contribution in [2.45, 2.75) is 25.0 Å². The van der Waals surface area contributed by atoms with Crippen LogP contribution in [-0.4, -0.2) is 11.1 Å². The van der Waals surface area contributed by atoms with Gasteiger partial charge in [0.2, 0.25) is 0 Å². The van der Waals surface area contributed by atoms with E-state index in [0.29, 0.717) is 0 Å². The molecule has 0 radical (unpaired) electrons. The largest absolute Gasteiger partial charge is 0.387 e. The Hall–Kier alpha value is -0.930. The predicted octanol–water partition coefficient (Wildman–Crippen LogP) is 1.13. The van der Waals surface area contributed by atoms with Crippen LogP contribution < -0.4 is 5.73 Å². The Labute approximate surface area is 76.2 Å². The molecule has 0 bridgehead atoms. The molecule has 2 unspecified atom stereocenters. The zero-order chi connectivity index (χ0) is 9.42. The summed E-state index contributed by atoms with van der Waals surface area (Å²) < 4.78 is 12.8. The predicted molar refractivity (Wildman–Crippen MR) is 47.7 cm³/mol. The van der Waals surface area contributed by atoms with Gasteiger partial charge in [0.15, 0.2) is 0 Å². The van der Waals surface area contributed by atoms with Gasteiger partial charge in [0.1, 0.15) is 5.82 Å². The highest BCUT2D eigenvalue weighted by atomic mass is 19.1. The van der Waals surface area contributed by atoms with Gasteiger partial charge in [0.05, 0.1) is 6.10 Å². The molecule has 0 saturated carbocycles. The fourth-order valence-corrected chi connectivity index (χ4v) is 1.79. The van der Waals surface area contributed by atoms with E-state index in [4.69, 9.17) is 5.73 Å². The molecule has 1 aliphatic rings. The maximum atomic E-state index is 12.8. The molecular formula is C10H12FNO. The molecule has 0 aromatic heterocycles. The van der Waals surface area contributed by atoms with Crippen molar-refractivity contribution in [3.63, 3.8) is 0 Å². The number of hydrogen-bond donors (Lipinski definition) is 2. The van der Waals surface area contributed by atoms with Gasteiger partial charge in [-0.15, -0.1) is 0 Å². The van der Waals surface area contributed by atoms with Crippen LogP contribution in [-0.2, 0) is 6.42 Å². The number of benzene rings is 1. The zero-order valence-corrected chi connectivity index (χ0v) is 7.20. The van der Waals surface area contributed by atoms with E-state index in [-0.39, 0.29) is 11.9 Å². The van der Waals surface area contributed by atoms with Crippen LogP contribution in [0.3, 0.4) is 0 Å². The highest BCUT2D eigenvalue weighted by molar-refractivity contribution is 5.33. The highest BCUT2D eigenvalue weighted by Gasteiger charge is 2.24. The second kappa shape index (κ2) is 3.09. The molecule has 70 valence electrons. The Kier molecular flexibility index (Phi) is 2.06. The van der Waals surface area contributed by atoms with Gasteiger partial charge in [-0.3, -0.25) is 0 Å². The van der Waals surface area contributed by atoms with Crippen molar-refractivity contribution >= 4 is 0 Å². The molecule has 0 heterocycles. The number of hydrogen-bond acceptors (Lipinski definition) is 2. The molecule has 2 nitrogen and oxygen atoms in total. The van der Waals surface area contributed by atoms with Crippen LogP contribution in [0.25, 0.3) is 0 Å². The summed E-state index contributed by atoms with van der Waals surface area (Å²) in [6, 6.07) is 4.25. The molecule has 1 aromatic carbocycles. The first-order valence-electron chi connectivity index (χ1n) is 4.40. The first-order chi connectivity index (χ1) is 6.18. The number of fused-ring (bicyclic) bond motifs is 1. The topological polar surface area (TPSA) is 46.2 Å². The smallest absolute Gasteiger partial charge is 0.123 e. The fourth-order valence-electron chi connectivity index (χ4n) is 1.79. The summed E-state index contributed by atoms with van der Waals surface area (Å²) in [6.07, 6.45) is 0.840. The van der Waals surface area contributed by atoms with Crippen molar-refractivity contribution < 1.29 is 9.50 Å². The number of nitrogens with two attached hydrogens (primary N) is 1. The quantitative estimate of drug-likeness (QED) is 0.630. The molecule has 0 fully saturated rings. The Morgan fingerprint density at radius 2 is 2.23 bits per heavy atom. The third kappa shape index (κ3) is 1.45. The minimum absolute atomic E-state index is 0.210. The van der Waals surface area contributed by atoms with Crippen LogP contribution >= 0.6 is 0 Å². The van der Waals surface area contributed by atoms with E-state index < -0.39 is 6.10 Å². The fraction of sp³-hybridized carbons (Fsp3) is 0.400. The van der Waals surface area contributed by atoms with Crippen LogP contribution in [0.5, 0.6) is 0 Å². The Morgan fingerprint density at radius 1 is 1.46 bits per heavy atom. The second-order valence-electron chi connectivity index (χ2n) is 3.49. The first-order valence-corrected chi connectivity index (χ1v) is 4.40. The first kappa shape index (κ1) is 8.66. The third-order valence-corrected chi connectivity index (χ3v) is 2.58. The van der Waals surface area contributed by atoms with E-state index in [1.165, 1.54) is 12.1 Å². The van der Waals surface area contributed by atoms with Gasteiger partial charge >= 0.3 is 0 Å². The second-order valence-corrected chi connectivity index (χ2v) is 3.49. The number of aliphatic hydroxyl groups is 1. The lowest BCUT2D eigenvalue weighted by atomic mass is 9.86. The van der Waals surface area contributed by atoms with Crippen LogP contribution in [0.15, 0.2) is 18.2 Å². The van der Waals surface area contributed by atoms with Gasteiger partial charge in [-0.2, -0.15) is 0 Å². The number of aliphatic hydroxyl groups excluding tert-OH is 1. The third-order valence-electron chi connectivity index (χ3n) is 2.58. The number of aryl methyl sites for hydroxylation is 1. The van der Waals surface area contributed by atoms with Crippen LogP contribution in [0, 0.1) is 5.82 Å². The molecule has 3 heteroatoms. The standard InChI is InChI=1S/C10H12FNO/c11-7-2-3-8-6(5-7)1-4-9(12)10(8)13/h2-3,5,9-10,13H,1,4,12H2. The summed E-state index contributed by atoms with van der Waals surface area (Å²) in [5, 5.41) is 9.67. The molecule has 0 amide bonds. The van der Waals surface area contributed by atoms with Crippen molar-refractivity contribution in [3.8, 4) is 0 Å². The molecule has 2 atom stereocenters. The highest BCUT2D eigenvalue weighted by Crippen LogP contribution is 2.29. The molecular weight excluding hydrogens is 169 g/mol. The van der Waals surface area contributed by atoms with Crippen molar-refractivity contribution in [1.82, 2.24) is 0 Å². The van der Waals surface area contributed by atoms with E-state index >= 15 is 0 Å². The monoisotopic (exact) mass is 181 g/mol. The minimum atomic E-state index is -0.635. The van der Waals surface area contributed by atoms with Gasteiger partial charge in [-0.25, -0.2) is 4.39 Å². The summed E-state index contributed by atoms with van der Waals surface area (Å²) in [7, 11) is 0. The summed E-state index contributed by atoms with van der Waals surface area (Å²) in [5.74, 6) is -0.249. The lowest BCUT2D eigenvalue weighted by molar-refractivity contribution is 0.133. The number of halogens is 1. The van der Waals surface area contributed by atoms with E-state index in [1.807, 2.05) is 0 Å². The Bertz CT molecular complexity index is 327. The molecule has 1 aliphatic carbocycles. The summed E-state index contributed by atoms with van der Waals surface area (Å²) in [5.41, 5.74) is 7.35. The maximum absolute atomic E-state index is 12.8. The van der Waals surface area contributed by atoms with E-state index in [2.05, 4.69) is 0 Å². The van der Waals surface area contributed by atoms with Gasteiger partial charge in [0, 0.05) is 6.04 Å². The molecule has 0 spiro atoms. The molecule has 1 aromatic rings. The summed E-state index contributed by atoms with van der Waals surface area (Å²) >= 11 is 0. The SMILES string of the molecule is NC1CCc2cc(F)ccc2C1O. The average Bonchev–Trinajstić information content (AvgIpc) is 2.12. The zero-order valence-electron chi connectivity index (χ0n) is 7.20. The lowest BCUT2D eigenvalue weighted by Gasteiger charge is -2.27. The minimum Gasteiger partial charge on any atom is -0.387 e. The molecule has 2 rings (SSSR count). The van der Waals surface area contributed by atoms with Crippen molar-refractivity contribution in [2.24, 2.45) is 5.73 Å². The van der Waals surface area contributed by atoms with Crippen LogP contribution in [0.2, 0.25) is 0 Å². The Morgan fingerprint density at radius 3 is 3.00 bits per heavy atom. The maximum Gasteiger partial charge on any atom is 0.123 e. The van der Waals surface area contributed by atoms with Gasteiger partial charge in [-0.1, -0.05) is 6.07 Å². The van der Waals surface area contributed by atoms with Crippen LogP contribution in [0.1, 0.15) is 23.7 Å². The molecule has 0 saturated heterocycles. The summed E-state index contributed by atoms with van der Waals surface area (Å²) in [4.78, 5) is 0. The summed E-state index contributed by atoms with van der Waals surface area (Å²) in [6.45, 7) is 0. The van der Waals surface area contributed by atoms with Crippen molar-refractivity contribution in [1.29, 1.82) is 0 Å². The Balaban J connectivity index is 2.44. The van der Waals surface area contributed by atoms with Crippen LogP contribution in [0.4, 0.5) is 4.39 Å². The number of rotatable bonds is 0. The van der Waals surface area contributed by atoms with Crippen molar-refractivity contribution in [3.05, 3.63) is 35.1 Å². The van der Waals surface area contributed by atoms with Gasteiger partial charge in [0.25, 0.3) is 0 Å². The normalized spacial score (nSPS) is 27.0. The molecule has 0 aliphatic heterocycles. The van der Waals surface area contributed by atoms with Crippen molar-refractivity contribution in [2.75, 3.05) is 0 Å².